The molecule has 3 rings (SSSR count). The lowest BCUT2D eigenvalue weighted by Gasteiger charge is -2.26. The van der Waals surface area contributed by atoms with E-state index < -0.39 is 0 Å². The summed E-state index contributed by atoms with van der Waals surface area (Å²) in [6.07, 6.45) is 6.30. The molecule has 17 heavy (non-hydrogen) atoms. The van der Waals surface area contributed by atoms with Gasteiger partial charge in [0, 0.05) is 35.2 Å². The van der Waals surface area contributed by atoms with Crippen LogP contribution in [0.2, 0.25) is 5.02 Å². The summed E-state index contributed by atoms with van der Waals surface area (Å²) < 4.78 is 2.33. The number of halogens is 1. The molecular formula is C14H17ClN2. The highest BCUT2D eigenvalue weighted by molar-refractivity contribution is 6.31. The number of benzene rings is 1. The van der Waals surface area contributed by atoms with E-state index >= 15 is 0 Å². The number of nitrogens with zero attached hydrogens (tertiary/aromatic N) is 1. The van der Waals surface area contributed by atoms with Crippen molar-refractivity contribution in [3.8, 4) is 0 Å². The van der Waals surface area contributed by atoms with Crippen LogP contribution in [0, 0.1) is 5.92 Å². The molecule has 1 aromatic heterocycles. The number of fused-ring (bicyclic) bond motifs is 1. The standard InChI is InChI=1S/C14H17ClN2/c15-12-4-5-13-11(7-16)9-17(14(13)6-12)8-10-2-1-3-10/h4-6,9-10H,1-3,7-8,16H2. The minimum Gasteiger partial charge on any atom is -0.347 e. The predicted molar refractivity (Wildman–Crippen MR) is 72.2 cm³/mol. The molecule has 1 fully saturated rings. The molecule has 0 atom stereocenters. The lowest BCUT2D eigenvalue weighted by atomic mass is 9.85. The van der Waals surface area contributed by atoms with Crippen molar-refractivity contribution in [2.24, 2.45) is 11.7 Å². The number of aromatic nitrogens is 1. The minimum atomic E-state index is 0.593. The van der Waals surface area contributed by atoms with Gasteiger partial charge in [0.05, 0.1) is 0 Å². The van der Waals surface area contributed by atoms with Crippen LogP contribution in [0.25, 0.3) is 10.9 Å². The molecule has 0 bridgehead atoms. The molecule has 0 saturated heterocycles. The summed E-state index contributed by atoms with van der Waals surface area (Å²) in [5.41, 5.74) is 8.24. The van der Waals surface area contributed by atoms with Gasteiger partial charge in [-0.05, 0) is 36.5 Å². The van der Waals surface area contributed by atoms with E-state index in [-0.39, 0.29) is 0 Å². The average molecular weight is 249 g/mol. The van der Waals surface area contributed by atoms with Gasteiger partial charge in [-0.1, -0.05) is 24.1 Å². The number of hydrogen-bond acceptors (Lipinski definition) is 1. The third kappa shape index (κ3) is 1.96. The molecule has 1 saturated carbocycles. The van der Waals surface area contributed by atoms with Crippen molar-refractivity contribution in [1.82, 2.24) is 4.57 Å². The highest BCUT2D eigenvalue weighted by atomic mass is 35.5. The minimum absolute atomic E-state index is 0.593. The molecule has 1 aliphatic carbocycles. The maximum atomic E-state index is 6.08. The Balaban J connectivity index is 2.05. The molecule has 0 radical (unpaired) electrons. The SMILES string of the molecule is NCc1cn(CC2CCC2)c2cc(Cl)ccc12. The summed E-state index contributed by atoms with van der Waals surface area (Å²) in [4.78, 5) is 0. The van der Waals surface area contributed by atoms with Crippen LogP contribution in [0.15, 0.2) is 24.4 Å². The molecule has 90 valence electrons. The van der Waals surface area contributed by atoms with Crippen molar-refractivity contribution in [2.45, 2.75) is 32.4 Å². The van der Waals surface area contributed by atoms with Crippen LogP contribution in [0.1, 0.15) is 24.8 Å². The Morgan fingerprint density at radius 3 is 2.82 bits per heavy atom. The second-order valence-electron chi connectivity index (χ2n) is 4.97. The Morgan fingerprint density at radius 2 is 2.18 bits per heavy atom. The van der Waals surface area contributed by atoms with Gasteiger partial charge in [-0.3, -0.25) is 0 Å². The van der Waals surface area contributed by atoms with E-state index in [9.17, 15) is 0 Å². The van der Waals surface area contributed by atoms with Crippen LogP contribution in [0.5, 0.6) is 0 Å². The zero-order valence-corrected chi connectivity index (χ0v) is 10.6. The van der Waals surface area contributed by atoms with E-state index in [0.717, 1.165) is 17.5 Å². The topological polar surface area (TPSA) is 30.9 Å². The van der Waals surface area contributed by atoms with Gasteiger partial charge in [-0.25, -0.2) is 0 Å². The van der Waals surface area contributed by atoms with Crippen molar-refractivity contribution < 1.29 is 0 Å². The zero-order valence-electron chi connectivity index (χ0n) is 9.82. The van der Waals surface area contributed by atoms with Crippen molar-refractivity contribution in [1.29, 1.82) is 0 Å². The smallest absolute Gasteiger partial charge is 0.0498 e. The Hall–Kier alpha value is -0.990. The molecule has 1 aliphatic rings. The van der Waals surface area contributed by atoms with Gasteiger partial charge in [0.25, 0.3) is 0 Å². The van der Waals surface area contributed by atoms with E-state index in [2.05, 4.69) is 22.9 Å². The molecule has 2 nitrogen and oxygen atoms in total. The highest BCUT2D eigenvalue weighted by Crippen LogP contribution is 2.31. The lowest BCUT2D eigenvalue weighted by molar-refractivity contribution is 0.279. The largest absolute Gasteiger partial charge is 0.347 e. The normalized spacial score (nSPS) is 16.4. The van der Waals surface area contributed by atoms with Crippen molar-refractivity contribution >= 4 is 22.5 Å². The first-order valence-electron chi connectivity index (χ1n) is 6.25. The van der Waals surface area contributed by atoms with Gasteiger partial charge in [-0.15, -0.1) is 0 Å². The molecule has 2 aromatic rings. The second kappa shape index (κ2) is 4.35. The number of nitrogens with two attached hydrogens (primary N) is 1. The second-order valence-corrected chi connectivity index (χ2v) is 5.41. The fourth-order valence-electron chi connectivity index (χ4n) is 2.61. The van der Waals surface area contributed by atoms with Crippen molar-refractivity contribution in [3.63, 3.8) is 0 Å². The summed E-state index contributed by atoms with van der Waals surface area (Å²) >= 11 is 6.08. The molecule has 0 spiro atoms. The third-order valence-corrected chi connectivity index (χ3v) is 4.06. The summed E-state index contributed by atoms with van der Waals surface area (Å²) in [6.45, 7) is 1.70. The van der Waals surface area contributed by atoms with Crippen LogP contribution in [0.3, 0.4) is 0 Å². The fourth-order valence-corrected chi connectivity index (χ4v) is 2.77. The Bertz CT molecular complexity index is 540. The molecular weight excluding hydrogens is 232 g/mol. The number of rotatable bonds is 3. The monoisotopic (exact) mass is 248 g/mol. The Morgan fingerprint density at radius 1 is 1.35 bits per heavy atom. The van der Waals surface area contributed by atoms with Crippen LogP contribution in [-0.4, -0.2) is 4.57 Å². The molecule has 2 N–H and O–H groups in total. The van der Waals surface area contributed by atoms with Gasteiger partial charge in [0.15, 0.2) is 0 Å². The predicted octanol–water partition coefficient (Wildman–Crippen LogP) is 3.55. The van der Waals surface area contributed by atoms with Gasteiger partial charge in [0.2, 0.25) is 0 Å². The van der Waals surface area contributed by atoms with E-state index in [1.807, 2.05) is 6.07 Å². The first-order valence-corrected chi connectivity index (χ1v) is 6.63. The fraction of sp³-hybridized carbons (Fsp3) is 0.429. The lowest BCUT2D eigenvalue weighted by Crippen LogP contribution is -2.17. The van der Waals surface area contributed by atoms with E-state index in [1.54, 1.807) is 0 Å². The van der Waals surface area contributed by atoms with E-state index in [1.165, 1.54) is 35.7 Å². The maximum absolute atomic E-state index is 6.08. The van der Waals surface area contributed by atoms with Gasteiger partial charge < -0.3 is 10.3 Å². The zero-order chi connectivity index (χ0) is 11.8. The Kier molecular flexibility index (Phi) is 2.85. The summed E-state index contributed by atoms with van der Waals surface area (Å²) in [6, 6.07) is 6.07. The molecule has 0 aliphatic heterocycles. The van der Waals surface area contributed by atoms with E-state index in [4.69, 9.17) is 17.3 Å². The number of hydrogen-bond donors (Lipinski definition) is 1. The van der Waals surface area contributed by atoms with Crippen LogP contribution in [0.4, 0.5) is 0 Å². The molecule has 1 aromatic carbocycles. The van der Waals surface area contributed by atoms with Gasteiger partial charge in [0.1, 0.15) is 0 Å². The highest BCUT2D eigenvalue weighted by Gasteiger charge is 2.19. The maximum Gasteiger partial charge on any atom is 0.0498 e. The first-order chi connectivity index (χ1) is 8.28. The van der Waals surface area contributed by atoms with Crippen LogP contribution < -0.4 is 5.73 Å². The first kappa shape index (κ1) is 11.1. The average Bonchev–Trinajstić information content (AvgIpc) is 2.61. The molecule has 0 amide bonds. The Labute approximate surface area is 106 Å². The van der Waals surface area contributed by atoms with Crippen molar-refractivity contribution in [2.75, 3.05) is 0 Å². The van der Waals surface area contributed by atoms with Gasteiger partial charge >= 0.3 is 0 Å². The summed E-state index contributed by atoms with van der Waals surface area (Å²) in [5, 5.41) is 2.05. The van der Waals surface area contributed by atoms with E-state index in [0.29, 0.717) is 6.54 Å². The van der Waals surface area contributed by atoms with Gasteiger partial charge in [-0.2, -0.15) is 0 Å². The molecule has 1 heterocycles. The summed E-state index contributed by atoms with van der Waals surface area (Å²) in [5.74, 6) is 0.843. The summed E-state index contributed by atoms with van der Waals surface area (Å²) in [7, 11) is 0. The van der Waals surface area contributed by atoms with Crippen LogP contribution in [-0.2, 0) is 13.1 Å². The van der Waals surface area contributed by atoms with Crippen molar-refractivity contribution in [3.05, 3.63) is 35.0 Å². The van der Waals surface area contributed by atoms with Crippen LogP contribution >= 0.6 is 11.6 Å². The molecule has 0 unspecified atom stereocenters. The quantitative estimate of drug-likeness (QED) is 0.885. The molecule has 3 heteroatoms. The third-order valence-electron chi connectivity index (χ3n) is 3.83.